The summed E-state index contributed by atoms with van der Waals surface area (Å²) in [5.74, 6) is 0.965. The van der Waals surface area contributed by atoms with Gasteiger partial charge in [0.1, 0.15) is 19.3 Å². The molecule has 0 heterocycles. The maximum Gasteiger partial charge on any atom is 0.472 e. The first-order valence-corrected chi connectivity index (χ1v) is 45.7. The van der Waals surface area contributed by atoms with Crippen molar-refractivity contribution in [3.05, 3.63) is 0 Å². The molecule has 3 unspecified atom stereocenters. The van der Waals surface area contributed by atoms with Crippen molar-refractivity contribution in [2.45, 2.75) is 446 Å². The number of rotatable bonds is 80. The number of carbonyl (C=O) groups is 4. The Morgan fingerprint density at radius 2 is 0.412 bits per heavy atom. The Kier molecular flexibility index (Phi) is 70.6. The summed E-state index contributed by atoms with van der Waals surface area (Å²) in [6, 6.07) is 0. The Bertz CT molecular complexity index is 1990. The summed E-state index contributed by atoms with van der Waals surface area (Å²) in [4.78, 5) is 73.0. The molecule has 0 rings (SSSR count). The van der Waals surface area contributed by atoms with Crippen LogP contribution in [0.15, 0.2) is 0 Å². The Balaban J connectivity index is 5.19. The molecule has 0 spiro atoms. The van der Waals surface area contributed by atoms with Gasteiger partial charge in [-0.2, -0.15) is 0 Å². The van der Waals surface area contributed by atoms with Gasteiger partial charge in [0.15, 0.2) is 12.2 Å². The van der Waals surface area contributed by atoms with Gasteiger partial charge in [0.05, 0.1) is 26.4 Å². The van der Waals surface area contributed by atoms with Crippen LogP contribution in [-0.2, 0) is 65.4 Å². The van der Waals surface area contributed by atoms with Crippen molar-refractivity contribution in [2.24, 2.45) is 23.7 Å². The summed E-state index contributed by atoms with van der Waals surface area (Å²) < 4.78 is 68.7. The van der Waals surface area contributed by atoms with E-state index >= 15 is 0 Å². The largest absolute Gasteiger partial charge is 0.472 e. The van der Waals surface area contributed by atoms with Gasteiger partial charge < -0.3 is 33.8 Å². The molecule has 0 aromatic heterocycles. The molecule has 0 bridgehead atoms. The number of esters is 4. The normalized spacial score (nSPS) is 14.0. The van der Waals surface area contributed by atoms with Crippen molar-refractivity contribution in [3.63, 3.8) is 0 Å². The summed E-state index contributed by atoms with van der Waals surface area (Å²) in [5.41, 5.74) is 0. The number of carbonyl (C=O) groups excluding carboxylic acids is 4. The summed E-state index contributed by atoms with van der Waals surface area (Å²) in [6.07, 6.45) is 59.9. The van der Waals surface area contributed by atoms with Gasteiger partial charge in [-0.1, -0.05) is 376 Å². The molecule has 0 aliphatic carbocycles. The molecule has 0 radical (unpaired) electrons. The van der Waals surface area contributed by atoms with Crippen molar-refractivity contribution in [1.29, 1.82) is 0 Å². The summed E-state index contributed by atoms with van der Waals surface area (Å²) in [6.45, 7) is 14.2. The average molecular weight is 1490 g/mol. The zero-order valence-corrected chi connectivity index (χ0v) is 69.0. The Morgan fingerprint density at radius 1 is 0.245 bits per heavy atom. The fraction of sp³-hybridized carbons (Fsp3) is 0.952. The molecule has 0 amide bonds. The summed E-state index contributed by atoms with van der Waals surface area (Å²) >= 11 is 0. The fourth-order valence-electron chi connectivity index (χ4n) is 12.8. The van der Waals surface area contributed by atoms with Crippen LogP contribution in [0.2, 0.25) is 0 Å². The first-order valence-electron chi connectivity index (χ1n) is 42.7. The number of aliphatic hydroxyl groups excluding tert-OH is 1. The second-order valence-electron chi connectivity index (χ2n) is 31.8. The van der Waals surface area contributed by atoms with Crippen LogP contribution in [0.5, 0.6) is 0 Å². The molecule has 19 heteroatoms. The van der Waals surface area contributed by atoms with E-state index in [1.807, 2.05) is 0 Å². The van der Waals surface area contributed by atoms with E-state index in [9.17, 15) is 43.2 Å². The van der Waals surface area contributed by atoms with E-state index in [1.165, 1.54) is 225 Å². The van der Waals surface area contributed by atoms with Gasteiger partial charge in [-0.15, -0.1) is 0 Å². The third-order valence-electron chi connectivity index (χ3n) is 19.3. The third kappa shape index (κ3) is 76.3. The molecule has 102 heavy (non-hydrogen) atoms. The molecule has 0 saturated heterocycles. The highest BCUT2D eigenvalue weighted by atomic mass is 31.2. The molecule has 5 atom stereocenters. The highest BCUT2D eigenvalue weighted by Gasteiger charge is 2.30. The maximum absolute atomic E-state index is 13.1. The lowest BCUT2D eigenvalue weighted by molar-refractivity contribution is -0.161. The van der Waals surface area contributed by atoms with Gasteiger partial charge in [0.2, 0.25) is 0 Å². The molecule has 0 aliphatic heterocycles. The van der Waals surface area contributed by atoms with Gasteiger partial charge in [0, 0.05) is 25.7 Å². The van der Waals surface area contributed by atoms with E-state index in [0.717, 1.165) is 114 Å². The van der Waals surface area contributed by atoms with E-state index in [-0.39, 0.29) is 25.7 Å². The first kappa shape index (κ1) is 100. The van der Waals surface area contributed by atoms with Crippen molar-refractivity contribution in [2.75, 3.05) is 39.6 Å². The zero-order valence-electron chi connectivity index (χ0n) is 67.2. The molecule has 17 nitrogen and oxygen atoms in total. The number of phosphoric acid groups is 2. The Hall–Kier alpha value is -1.94. The SMILES string of the molecule is CC(C)CCCCCCCCCCCCCCCCCCCCC(=O)O[C@H](COC(=O)CCCCCCCCCCCC(C)C)COP(=O)(O)OCC(O)COP(=O)(O)OC[C@@H](COC(=O)CCCCCCCCCC(C)C)OC(=O)CCCCCCCCCCCCCCCCCCC(C)C. The van der Waals surface area contributed by atoms with E-state index in [0.29, 0.717) is 31.6 Å². The minimum Gasteiger partial charge on any atom is -0.462 e. The van der Waals surface area contributed by atoms with Crippen LogP contribution < -0.4 is 0 Å². The van der Waals surface area contributed by atoms with Crippen molar-refractivity contribution < 1.29 is 80.2 Å². The minimum atomic E-state index is -4.96. The van der Waals surface area contributed by atoms with Crippen LogP contribution in [0, 0.1) is 23.7 Å². The molecule has 0 aromatic rings. The van der Waals surface area contributed by atoms with E-state index in [4.69, 9.17) is 37.0 Å². The van der Waals surface area contributed by atoms with Crippen LogP contribution in [0.3, 0.4) is 0 Å². The van der Waals surface area contributed by atoms with Gasteiger partial charge >= 0.3 is 39.5 Å². The predicted molar refractivity (Wildman–Crippen MR) is 418 cm³/mol. The number of unbranched alkanes of at least 4 members (excludes halogenated alkanes) is 46. The standard InChI is InChI=1S/C83H162O17P2/c1-73(2)59-51-43-35-28-23-19-15-11-9-10-12-17-21-25-31-40-49-57-65-82(87)99-78(69-93-80(85)63-55-47-39-33-27-30-37-45-53-61-75(5)6)71-97-101(89,90)95-67-77(84)68-96-102(91,92)98-72-79(70-94-81(86)64-56-48-42-34-38-46-54-62-76(7)8)100-83(88)66-58-50-41-32-26-22-18-14-13-16-20-24-29-36-44-52-60-74(3)4/h73-79,84H,9-72H2,1-8H3,(H,89,90)(H,91,92)/t77?,78-,79-/m1/s1. The molecular formula is C83H162O17P2. The minimum absolute atomic E-state index is 0.107. The molecule has 0 saturated carbocycles. The van der Waals surface area contributed by atoms with Gasteiger partial charge in [-0.3, -0.25) is 37.3 Å². The molecule has 0 aliphatic rings. The monoisotopic (exact) mass is 1490 g/mol. The predicted octanol–water partition coefficient (Wildman–Crippen LogP) is 24.8. The van der Waals surface area contributed by atoms with Gasteiger partial charge in [-0.05, 0) is 49.4 Å². The summed E-state index contributed by atoms with van der Waals surface area (Å²) in [5, 5.41) is 10.6. The molecular weight excluding hydrogens is 1330 g/mol. The quantitative estimate of drug-likeness (QED) is 0.0222. The highest BCUT2D eigenvalue weighted by Crippen LogP contribution is 2.45. The number of phosphoric ester groups is 2. The van der Waals surface area contributed by atoms with E-state index in [2.05, 4.69) is 55.4 Å². The number of hydrogen-bond acceptors (Lipinski definition) is 15. The highest BCUT2D eigenvalue weighted by molar-refractivity contribution is 7.47. The van der Waals surface area contributed by atoms with Crippen molar-refractivity contribution in [1.82, 2.24) is 0 Å². The van der Waals surface area contributed by atoms with Crippen molar-refractivity contribution >= 4 is 39.5 Å². The number of ether oxygens (including phenoxy) is 4. The number of aliphatic hydroxyl groups is 1. The van der Waals surface area contributed by atoms with Gasteiger partial charge in [0.25, 0.3) is 0 Å². The topological polar surface area (TPSA) is 237 Å². The fourth-order valence-corrected chi connectivity index (χ4v) is 14.4. The molecule has 3 N–H and O–H groups in total. The lowest BCUT2D eigenvalue weighted by Crippen LogP contribution is -2.30. The number of hydrogen-bond donors (Lipinski definition) is 3. The molecule has 606 valence electrons. The Labute approximate surface area is 626 Å². The van der Waals surface area contributed by atoms with Crippen LogP contribution >= 0.6 is 15.6 Å². The van der Waals surface area contributed by atoms with Crippen LogP contribution in [0.1, 0.15) is 428 Å². The van der Waals surface area contributed by atoms with E-state index < -0.39 is 97.5 Å². The lowest BCUT2D eigenvalue weighted by Gasteiger charge is -2.21. The smallest absolute Gasteiger partial charge is 0.462 e. The van der Waals surface area contributed by atoms with E-state index in [1.54, 1.807) is 0 Å². The second kappa shape index (κ2) is 72.0. The summed E-state index contributed by atoms with van der Waals surface area (Å²) in [7, 11) is -9.92. The average Bonchev–Trinajstić information content (AvgIpc) is 0.963. The molecule has 0 aromatic carbocycles. The van der Waals surface area contributed by atoms with Crippen molar-refractivity contribution in [3.8, 4) is 0 Å². The van der Waals surface area contributed by atoms with Crippen LogP contribution in [0.25, 0.3) is 0 Å². The molecule has 0 fully saturated rings. The zero-order chi connectivity index (χ0) is 75.3. The van der Waals surface area contributed by atoms with Crippen LogP contribution in [0.4, 0.5) is 0 Å². The Morgan fingerprint density at radius 3 is 0.608 bits per heavy atom. The first-order chi connectivity index (χ1) is 49.1. The van der Waals surface area contributed by atoms with Crippen LogP contribution in [-0.4, -0.2) is 96.7 Å². The maximum atomic E-state index is 13.1. The lowest BCUT2D eigenvalue weighted by atomic mass is 10.0. The third-order valence-corrected chi connectivity index (χ3v) is 21.2. The van der Waals surface area contributed by atoms with Gasteiger partial charge in [-0.25, -0.2) is 9.13 Å². The second-order valence-corrected chi connectivity index (χ2v) is 34.7.